The normalized spacial score (nSPS) is 20.5. The highest BCUT2D eigenvalue weighted by atomic mass is 16.2. The molecule has 0 aliphatic heterocycles. The van der Waals surface area contributed by atoms with Crippen LogP contribution in [-0.2, 0) is 78.9 Å². The van der Waals surface area contributed by atoms with Gasteiger partial charge >= 0.3 is 11.4 Å². The Balaban J connectivity index is 0.779. The fourth-order valence-electron chi connectivity index (χ4n) is 17.2. The van der Waals surface area contributed by atoms with E-state index < -0.39 is 167 Å². The van der Waals surface area contributed by atoms with Crippen molar-refractivity contribution in [1.82, 2.24) is 111 Å². The summed E-state index contributed by atoms with van der Waals surface area (Å²) < 4.78 is 5.24. The number of amides is 11. The molecule has 6 heterocycles. The molecule has 14 atom stereocenters. The number of carbonyl (C=O) groups excluding carboxylic acids is 11. The maximum Gasteiger partial charge on any atom is 0.349 e. The fraction of sp³-hybridized carbons (Fsp3) is 0.633. The lowest BCUT2D eigenvalue weighted by Gasteiger charge is -2.38. The summed E-state index contributed by atoms with van der Waals surface area (Å²) in [5.41, 5.74) is 43.8. The lowest BCUT2D eigenvalue weighted by atomic mass is 9.79. The van der Waals surface area contributed by atoms with E-state index in [1.807, 2.05) is 0 Å². The Hall–Kier alpha value is -12.3. The molecular weight excluding hydrogens is 1610 g/mol. The molecule has 11 amide bonds. The summed E-state index contributed by atoms with van der Waals surface area (Å²) in [6.45, 7) is -0.0687. The molecule has 0 bridgehead atoms. The number of aromatic amines is 2. The van der Waals surface area contributed by atoms with Gasteiger partial charge in [-0.05, 0) is 102 Å². The lowest BCUT2D eigenvalue weighted by molar-refractivity contribution is -0.133. The Morgan fingerprint density at radius 2 is 0.766 bits per heavy atom. The van der Waals surface area contributed by atoms with Crippen molar-refractivity contribution in [2.75, 3.05) is 42.6 Å². The van der Waals surface area contributed by atoms with E-state index in [1.165, 1.54) is 55.4 Å². The highest BCUT2D eigenvalue weighted by Crippen LogP contribution is 2.33. The summed E-state index contributed by atoms with van der Waals surface area (Å²) >= 11 is 0. The molecule has 124 heavy (non-hydrogen) atoms. The molecule has 10 rings (SSSR count). The number of fused-ring (bicyclic) bond motifs is 2. The summed E-state index contributed by atoms with van der Waals surface area (Å²) in [5.74, 6) is -9.17. The zero-order valence-electron chi connectivity index (χ0n) is 69.7. The van der Waals surface area contributed by atoms with E-state index in [2.05, 4.69) is 93.0 Å². The van der Waals surface area contributed by atoms with Gasteiger partial charge in [0.05, 0.1) is 60.5 Å². The van der Waals surface area contributed by atoms with Gasteiger partial charge in [0.2, 0.25) is 76.9 Å². The van der Waals surface area contributed by atoms with Crippen LogP contribution >= 0.6 is 0 Å². The van der Waals surface area contributed by atoms with Crippen LogP contribution in [0.1, 0.15) is 186 Å². The molecule has 45 heteroatoms. The molecule has 45 nitrogen and oxygen atoms in total. The fourth-order valence-corrected chi connectivity index (χ4v) is 17.2. The highest BCUT2D eigenvalue weighted by molar-refractivity contribution is 5.88. The van der Waals surface area contributed by atoms with Crippen LogP contribution in [0, 0.1) is 23.7 Å². The molecule has 4 saturated carbocycles. The average molecular weight is 1730 g/mol. The SMILES string of the molecule is NCCCC[C@@H](N)CC(=O)N[C@@H](CC(=O)N[C@@H](CC(=O)N[C@@H]1CCCC[C@H]1C(=O)N[C@@H]1CCCC[C@H]1C(=O)N[C@@H]1CCCC[C@H]1C(=O)N[C@@H]1CCCC[C@H]1C(=O)N[C@@H](CC(=O)N[C@@H](CC(=O)N[C@H](CCCCN)CC(=O)NCCC(N)=O)Cn1cnc2c(=O)[nH]c(N)nc21)Cn1ccc(N)nc1=O)Cn1ccc(N)nc1=O)Cn1cnc2c(=O)[nH]c(N)nc21. The van der Waals surface area contributed by atoms with Crippen LogP contribution < -0.4 is 122 Å². The van der Waals surface area contributed by atoms with Gasteiger partial charge in [0, 0.05) is 126 Å². The predicted octanol–water partition coefficient (Wildman–Crippen LogP) is -3.86. The number of imidazole rings is 2. The first-order valence-corrected chi connectivity index (χ1v) is 42.9. The molecule has 28 N–H and O–H groups in total. The van der Waals surface area contributed by atoms with Crippen LogP contribution in [-0.4, -0.2) is 203 Å². The van der Waals surface area contributed by atoms with Crippen LogP contribution in [0.2, 0.25) is 0 Å². The van der Waals surface area contributed by atoms with Crippen molar-refractivity contribution in [2.45, 2.75) is 273 Å². The van der Waals surface area contributed by atoms with Crippen LogP contribution in [0.15, 0.2) is 56.4 Å². The van der Waals surface area contributed by atoms with Gasteiger partial charge in [-0.15, -0.1) is 0 Å². The van der Waals surface area contributed by atoms with Gasteiger partial charge in [0.15, 0.2) is 22.3 Å². The Morgan fingerprint density at radius 3 is 1.18 bits per heavy atom. The van der Waals surface area contributed by atoms with E-state index in [1.54, 1.807) is 0 Å². The number of H-pyrrole nitrogens is 2. The highest BCUT2D eigenvalue weighted by Gasteiger charge is 2.42. The van der Waals surface area contributed by atoms with E-state index in [0.717, 1.165) is 0 Å². The van der Waals surface area contributed by atoms with Gasteiger partial charge in [-0.1, -0.05) is 64.2 Å². The van der Waals surface area contributed by atoms with E-state index >= 15 is 0 Å². The molecule has 4 fully saturated rings. The van der Waals surface area contributed by atoms with Crippen molar-refractivity contribution in [3.05, 3.63) is 78.9 Å². The van der Waals surface area contributed by atoms with Crippen LogP contribution in [0.5, 0.6) is 0 Å². The zero-order chi connectivity index (χ0) is 89.1. The first-order chi connectivity index (χ1) is 59.4. The number of hydrogen-bond donors (Lipinski definition) is 20. The van der Waals surface area contributed by atoms with E-state index in [4.69, 9.17) is 45.9 Å². The van der Waals surface area contributed by atoms with E-state index in [0.29, 0.717) is 154 Å². The lowest BCUT2D eigenvalue weighted by Crippen LogP contribution is -2.57. The first-order valence-electron chi connectivity index (χ1n) is 42.9. The number of aromatic nitrogens is 12. The second kappa shape index (κ2) is 45.7. The quantitative estimate of drug-likeness (QED) is 0.0163. The van der Waals surface area contributed by atoms with Gasteiger partial charge in [-0.2, -0.15) is 19.9 Å². The number of carbonyl (C=O) groups is 11. The molecule has 0 saturated heterocycles. The number of primary amides is 1. The van der Waals surface area contributed by atoms with Gasteiger partial charge < -0.3 is 108 Å². The summed E-state index contributed by atoms with van der Waals surface area (Å²) in [6.07, 6.45) is 15.4. The van der Waals surface area contributed by atoms with Crippen LogP contribution in [0.3, 0.4) is 0 Å². The number of nitrogen functional groups attached to an aromatic ring is 4. The Bertz CT molecular complexity index is 4980. The molecule has 0 unspecified atom stereocenters. The molecule has 4 aliphatic rings. The number of anilines is 4. The molecule has 4 aliphatic carbocycles. The second-order valence-corrected chi connectivity index (χ2v) is 33.1. The van der Waals surface area contributed by atoms with Crippen LogP contribution in [0.25, 0.3) is 22.3 Å². The number of rotatable bonds is 44. The molecule has 0 aromatic carbocycles. The third-order valence-electron chi connectivity index (χ3n) is 23.3. The van der Waals surface area contributed by atoms with Gasteiger partial charge in [0.1, 0.15) is 11.6 Å². The largest absolute Gasteiger partial charge is 0.383 e. The number of nitrogens with two attached hydrogens (primary N) is 8. The molecule has 0 radical (unpaired) electrons. The van der Waals surface area contributed by atoms with Crippen molar-refractivity contribution >= 4 is 111 Å². The van der Waals surface area contributed by atoms with Crippen molar-refractivity contribution in [1.29, 1.82) is 0 Å². The molecule has 676 valence electrons. The van der Waals surface area contributed by atoms with E-state index in [-0.39, 0.29) is 128 Å². The van der Waals surface area contributed by atoms with Gasteiger partial charge in [0.25, 0.3) is 11.1 Å². The average Bonchev–Trinajstić information content (AvgIpc) is 1.45. The number of hydrogen-bond acceptors (Lipinski definition) is 28. The van der Waals surface area contributed by atoms with Crippen molar-refractivity contribution in [3.63, 3.8) is 0 Å². The monoisotopic (exact) mass is 1730 g/mol. The third kappa shape index (κ3) is 27.9. The predicted molar refractivity (Wildman–Crippen MR) is 454 cm³/mol. The summed E-state index contributed by atoms with van der Waals surface area (Å²) in [7, 11) is 0. The minimum absolute atomic E-state index is 0.0167. The molecule has 6 aromatic heterocycles. The summed E-state index contributed by atoms with van der Waals surface area (Å²) in [6, 6.07) is -5.37. The van der Waals surface area contributed by atoms with Gasteiger partial charge in [-0.3, -0.25) is 81.4 Å². The van der Waals surface area contributed by atoms with Crippen LogP contribution in [0.4, 0.5) is 23.5 Å². The Morgan fingerprint density at radius 1 is 0.411 bits per heavy atom. The second-order valence-electron chi connectivity index (χ2n) is 33.1. The summed E-state index contributed by atoms with van der Waals surface area (Å²) in [4.78, 5) is 236. The standard InChI is InChI=1S/C79H120N30O15/c80-26-11-9-13-43(82)31-61(112)92-46(39-108-41-89-66-68(108)102-76(86)104-74(66)121)34-63(114)93-45(37-106-29-24-57(83)100-78(106)123)35-65(116)96-53-19-5-1-15-49(53)71(118)98-55-21-7-3-17-51(55)73(120)99-56-22-8-4-18-52(56)72(119)97-54-20-6-2-16-50(54)70(117)95-48(38-107-30-25-58(84)101-79(107)124)36-64(115)94-47(40-109-42-90-67-69(109)103-77(87)105-75(67)122)33-62(113)91-44(14-10-12-27-81)32-60(111)88-28-23-59(85)110/h24-25,29-30,41-56H,1-23,26-28,31-40,80-82H2,(H2,85,110)(H,88,111)(H,91,113)(H,92,112)(H,93,114)(H,94,115)(H,95,117)(H,96,116)(H,97,119)(H,98,118)(H,99,120)(H2,83,100,123)(H2,84,101,124)(H3,86,102,104,121)(H3,87,103,105,122)/t43-,44-,45+,46+,47+,48+,49-,50-,51-,52-,53-,54-,55-,56-/m1/s1. The smallest absolute Gasteiger partial charge is 0.349 e. The minimum Gasteiger partial charge on any atom is -0.383 e. The molecule has 0 spiro atoms. The maximum atomic E-state index is 14.9. The molecule has 6 aromatic rings. The maximum absolute atomic E-state index is 14.9. The number of unbranched alkanes of at least 4 members (excludes halogenated alkanes) is 2. The zero-order valence-corrected chi connectivity index (χ0v) is 69.7. The minimum atomic E-state index is -1.13. The van der Waals surface area contributed by atoms with Crippen molar-refractivity contribution in [3.8, 4) is 0 Å². The van der Waals surface area contributed by atoms with Crippen molar-refractivity contribution in [2.24, 2.45) is 46.6 Å². The number of nitrogens with one attached hydrogen (secondary N) is 12. The van der Waals surface area contributed by atoms with E-state index in [9.17, 15) is 71.9 Å². The number of nitrogens with zero attached hydrogens (tertiary/aromatic N) is 10. The first kappa shape index (κ1) is 94.0. The third-order valence-corrected chi connectivity index (χ3v) is 23.3. The Kier molecular flexibility index (Phi) is 34.7. The van der Waals surface area contributed by atoms with Gasteiger partial charge in [-0.25, -0.2) is 19.6 Å². The summed E-state index contributed by atoms with van der Waals surface area (Å²) in [5, 5.41) is 29.8. The Labute approximate surface area is 712 Å². The topological polar surface area (TPSA) is 713 Å². The molecular formula is C79H120N30O15. The van der Waals surface area contributed by atoms with Crippen molar-refractivity contribution < 1.29 is 52.7 Å².